The summed E-state index contributed by atoms with van der Waals surface area (Å²) in [4.78, 5) is 28.6. The first-order valence-corrected chi connectivity index (χ1v) is 13.7. The van der Waals surface area contributed by atoms with E-state index in [0.29, 0.717) is 56.9 Å². The summed E-state index contributed by atoms with van der Waals surface area (Å²) in [5, 5.41) is 12.7. The number of ether oxygens (including phenoxy) is 1. The molecule has 1 aliphatic rings. The number of ketones is 1. The molecule has 0 spiro atoms. The first-order chi connectivity index (χ1) is 19.6. The normalized spacial score (nSPS) is 15.3. The van der Waals surface area contributed by atoms with E-state index in [4.69, 9.17) is 4.74 Å². The number of nitrogens with zero attached hydrogens (tertiary/aromatic N) is 5. The smallest absolute Gasteiger partial charge is 0.305 e. The maximum Gasteiger partial charge on any atom is 0.305 e. The van der Waals surface area contributed by atoms with Gasteiger partial charge in [0.25, 0.3) is 0 Å². The molecular weight excluding hydrogens is 502 g/mol. The van der Waals surface area contributed by atoms with Crippen molar-refractivity contribution in [2.75, 3.05) is 19.7 Å². The largest absolute Gasteiger partial charge is 0.466 e. The number of carbonyl (C=O) groups excluding carboxylic acids is 2. The van der Waals surface area contributed by atoms with Crippen molar-refractivity contribution in [1.29, 1.82) is 0 Å². The topological polar surface area (TPSA) is 90.2 Å². The molecule has 4 aromatic rings. The summed E-state index contributed by atoms with van der Waals surface area (Å²) in [6.07, 6.45) is 2.97. The van der Waals surface area contributed by atoms with Crippen LogP contribution in [0.15, 0.2) is 96.6 Å². The van der Waals surface area contributed by atoms with E-state index in [1.807, 2.05) is 18.2 Å². The van der Waals surface area contributed by atoms with Gasteiger partial charge in [0.15, 0.2) is 11.6 Å². The van der Waals surface area contributed by atoms with Crippen LogP contribution in [0.3, 0.4) is 0 Å². The highest BCUT2D eigenvalue weighted by molar-refractivity contribution is 6.00. The quantitative estimate of drug-likeness (QED) is 0.166. The first kappa shape index (κ1) is 27.1. The van der Waals surface area contributed by atoms with E-state index >= 15 is 0 Å². The highest BCUT2D eigenvalue weighted by atomic mass is 16.5. The van der Waals surface area contributed by atoms with E-state index < -0.39 is 5.54 Å². The van der Waals surface area contributed by atoms with Crippen LogP contribution in [0.25, 0.3) is 6.08 Å². The van der Waals surface area contributed by atoms with Crippen molar-refractivity contribution in [3.63, 3.8) is 0 Å². The van der Waals surface area contributed by atoms with Gasteiger partial charge in [0.05, 0.1) is 18.7 Å². The Morgan fingerprint density at radius 2 is 1.50 bits per heavy atom. The van der Waals surface area contributed by atoms with Crippen molar-refractivity contribution < 1.29 is 14.3 Å². The Kier molecular flexibility index (Phi) is 8.56. The van der Waals surface area contributed by atoms with Crippen LogP contribution < -0.4 is 0 Å². The van der Waals surface area contributed by atoms with E-state index in [1.54, 1.807) is 13.0 Å². The van der Waals surface area contributed by atoms with Crippen LogP contribution >= 0.6 is 0 Å². The lowest BCUT2D eigenvalue weighted by Gasteiger charge is -2.47. The van der Waals surface area contributed by atoms with Crippen molar-refractivity contribution >= 4 is 17.8 Å². The minimum absolute atomic E-state index is 0.0815. The van der Waals surface area contributed by atoms with Crippen LogP contribution in [-0.4, -0.2) is 56.6 Å². The fraction of sp³-hybridized carbons (Fsp3) is 0.281. The van der Waals surface area contributed by atoms with E-state index in [2.05, 4.69) is 93.1 Å². The van der Waals surface area contributed by atoms with Gasteiger partial charge in [-0.15, -0.1) is 10.2 Å². The fourth-order valence-corrected chi connectivity index (χ4v) is 5.43. The predicted molar refractivity (Wildman–Crippen MR) is 152 cm³/mol. The zero-order valence-electron chi connectivity index (χ0n) is 22.6. The van der Waals surface area contributed by atoms with E-state index in [9.17, 15) is 9.59 Å². The molecule has 8 heteroatoms. The number of esters is 1. The Balaban J connectivity index is 1.48. The maximum absolute atomic E-state index is 13.2. The van der Waals surface area contributed by atoms with Crippen LogP contribution in [0.5, 0.6) is 0 Å². The van der Waals surface area contributed by atoms with E-state index in [-0.39, 0.29) is 11.8 Å². The Morgan fingerprint density at radius 3 is 2.05 bits per heavy atom. The molecule has 1 aromatic heterocycles. The molecule has 0 aliphatic carbocycles. The Bertz CT molecular complexity index is 1360. The van der Waals surface area contributed by atoms with Gasteiger partial charge in [-0.1, -0.05) is 91.0 Å². The zero-order chi connectivity index (χ0) is 27.8. The van der Waals surface area contributed by atoms with Crippen LogP contribution in [0.1, 0.15) is 48.7 Å². The minimum Gasteiger partial charge on any atom is -0.466 e. The molecule has 3 aromatic carbocycles. The number of rotatable bonds is 10. The average molecular weight is 536 g/mol. The number of tetrazole rings is 1. The molecule has 2 heterocycles. The van der Waals surface area contributed by atoms with Crippen molar-refractivity contribution in [3.05, 3.63) is 119 Å². The summed E-state index contributed by atoms with van der Waals surface area (Å²) in [6.45, 7) is 3.61. The Hall–Kier alpha value is -4.43. The number of piperidine rings is 1. The van der Waals surface area contributed by atoms with Gasteiger partial charge in [0.2, 0.25) is 0 Å². The maximum atomic E-state index is 13.2. The molecule has 1 aliphatic heterocycles. The second-order valence-electron chi connectivity index (χ2n) is 9.72. The highest BCUT2D eigenvalue weighted by Crippen LogP contribution is 2.43. The predicted octanol–water partition coefficient (Wildman–Crippen LogP) is 4.67. The second-order valence-corrected chi connectivity index (χ2v) is 9.72. The Morgan fingerprint density at radius 1 is 0.925 bits per heavy atom. The summed E-state index contributed by atoms with van der Waals surface area (Å²) in [5.41, 5.74) is 3.43. The molecule has 0 bridgehead atoms. The molecular formula is C32H33N5O3. The third-order valence-electron chi connectivity index (χ3n) is 7.19. The van der Waals surface area contributed by atoms with Crippen molar-refractivity contribution in [1.82, 2.24) is 25.1 Å². The molecule has 0 amide bonds. The Labute approximate surface area is 234 Å². The number of Topliss-reactive ketones (excluding diaryl/α,β-unsaturated/α-hetero) is 1. The van der Waals surface area contributed by atoms with Gasteiger partial charge < -0.3 is 4.74 Å². The molecule has 0 unspecified atom stereocenters. The number of hydrogen-bond acceptors (Lipinski definition) is 7. The third-order valence-corrected chi connectivity index (χ3v) is 7.19. The summed E-state index contributed by atoms with van der Waals surface area (Å²) in [5.74, 6) is 0.223. The van der Waals surface area contributed by atoms with Gasteiger partial charge in [0.1, 0.15) is 0 Å². The zero-order valence-corrected chi connectivity index (χ0v) is 22.6. The lowest BCUT2D eigenvalue weighted by Crippen LogP contribution is -2.52. The summed E-state index contributed by atoms with van der Waals surface area (Å²) >= 11 is 0. The van der Waals surface area contributed by atoms with Crippen LogP contribution in [-0.2, 0) is 26.4 Å². The molecule has 1 fully saturated rings. The average Bonchev–Trinajstić information content (AvgIpc) is 3.44. The van der Waals surface area contributed by atoms with Crippen LogP contribution in [0, 0.1) is 0 Å². The molecule has 0 saturated carbocycles. The van der Waals surface area contributed by atoms with E-state index in [1.165, 1.54) is 4.80 Å². The number of carbonyl (C=O) groups is 2. The van der Waals surface area contributed by atoms with Crippen molar-refractivity contribution in [2.45, 2.75) is 38.3 Å². The van der Waals surface area contributed by atoms with Gasteiger partial charge in [0, 0.05) is 31.5 Å². The molecule has 0 radical (unpaired) electrons. The molecule has 0 N–H and O–H groups in total. The second kappa shape index (κ2) is 12.6. The van der Waals surface area contributed by atoms with Crippen LogP contribution in [0.2, 0.25) is 0 Å². The van der Waals surface area contributed by atoms with Gasteiger partial charge >= 0.3 is 5.97 Å². The summed E-state index contributed by atoms with van der Waals surface area (Å²) in [6, 6.07) is 31.4. The molecule has 40 heavy (non-hydrogen) atoms. The lowest BCUT2D eigenvalue weighted by atomic mass is 9.74. The lowest BCUT2D eigenvalue weighted by molar-refractivity contribution is -0.143. The standard InChI is InChI=1S/C32H33N5O3/c1-2-40-31(39)19-12-21-37-34-30(33-35-37)23-25-24-36(22-20-29(25)38)32(26-13-6-3-7-14-26,27-15-8-4-9-16-27)28-17-10-5-11-18-28/h3-11,13-18,23H,2,12,19-22,24H2,1H3. The van der Waals surface area contributed by atoms with Gasteiger partial charge in [-0.2, -0.15) is 4.80 Å². The highest BCUT2D eigenvalue weighted by Gasteiger charge is 2.44. The molecule has 0 atom stereocenters. The fourth-order valence-electron chi connectivity index (χ4n) is 5.43. The molecule has 204 valence electrons. The van der Waals surface area contributed by atoms with Gasteiger partial charge in [-0.05, 0) is 41.3 Å². The number of likely N-dealkylation sites (tertiary alicyclic amines) is 1. The number of hydrogen-bond donors (Lipinski definition) is 0. The number of aryl methyl sites for hydroxylation is 1. The number of benzene rings is 3. The molecule has 8 nitrogen and oxygen atoms in total. The molecule has 1 saturated heterocycles. The first-order valence-electron chi connectivity index (χ1n) is 13.7. The third kappa shape index (κ3) is 5.77. The molecule has 5 rings (SSSR count). The number of aromatic nitrogens is 4. The van der Waals surface area contributed by atoms with Crippen LogP contribution in [0.4, 0.5) is 0 Å². The van der Waals surface area contributed by atoms with Crippen molar-refractivity contribution in [2.24, 2.45) is 0 Å². The summed E-state index contributed by atoms with van der Waals surface area (Å²) < 4.78 is 4.97. The SMILES string of the molecule is CCOC(=O)CCCn1nnc(C=C2CN(C(c3ccccc3)(c3ccccc3)c3ccccc3)CCC2=O)n1. The van der Waals surface area contributed by atoms with Crippen molar-refractivity contribution in [3.8, 4) is 0 Å². The minimum atomic E-state index is -0.609. The van der Waals surface area contributed by atoms with Gasteiger partial charge in [-0.3, -0.25) is 14.5 Å². The van der Waals surface area contributed by atoms with E-state index in [0.717, 1.165) is 16.7 Å². The summed E-state index contributed by atoms with van der Waals surface area (Å²) in [7, 11) is 0. The monoisotopic (exact) mass is 535 g/mol. The van der Waals surface area contributed by atoms with Gasteiger partial charge in [-0.25, -0.2) is 0 Å².